The lowest BCUT2D eigenvalue weighted by Crippen LogP contribution is -1.90. The van der Waals surface area contributed by atoms with Crippen molar-refractivity contribution in [3.63, 3.8) is 0 Å². The predicted octanol–water partition coefficient (Wildman–Crippen LogP) is 2.25. The van der Waals surface area contributed by atoms with Gasteiger partial charge in [0.05, 0.1) is 17.0 Å². The van der Waals surface area contributed by atoms with Crippen LogP contribution in [-0.2, 0) is 0 Å². The quantitative estimate of drug-likeness (QED) is 0.411. The number of nitrogens with zero attached hydrogens (tertiary/aromatic N) is 1. The number of para-hydroxylation sites is 2. The van der Waals surface area contributed by atoms with Crippen molar-refractivity contribution in [1.29, 1.82) is 0 Å². The summed E-state index contributed by atoms with van der Waals surface area (Å²) < 4.78 is 4.97. The maximum Gasteiger partial charge on any atom is 0.312 e. The minimum atomic E-state index is -0.467. The molecule has 0 aliphatic heterocycles. The number of benzene rings is 1. The van der Waals surface area contributed by atoms with Crippen LogP contribution in [0.25, 0.3) is 0 Å². The Bertz CT molecular complexity index is 290. The van der Waals surface area contributed by atoms with Crippen LogP contribution >= 0.6 is 12.0 Å². The molecule has 5 heteroatoms. The zero-order valence-corrected chi connectivity index (χ0v) is 7.21. The fourth-order valence-corrected chi connectivity index (χ4v) is 1.09. The number of hydrogen-bond donors (Lipinski definition) is 0. The van der Waals surface area contributed by atoms with Crippen molar-refractivity contribution in [2.24, 2.45) is 0 Å². The summed E-state index contributed by atoms with van der Waals surface area (Å²) in [4.78, 5) is 9.95. The molecule has 0 bridgehead atoms. The molecule has 0 saturated carbocycles. The highest BCUT2D eigenvalue weighted by Gasteiger charge is 2.12. The van der Waals surface area contributed by atoms with Crippen LogP contribution in [0.4, 0.5) is 5.69 Å². The van der Waals surface area contributed by atoms with Gasteiger partial charge in [0, 0.05) is 12.3 Å². The van der Waals surface area contributed by atoms with Crippen molar-refractivity contribution in [1.82, 2.24) is 0 Å². The van der Waals surface area contributed by atoms with Gasteiger partial charge in [-0.2, -0.15) is 0 Å². The van der Waals surface area contributed by atoms with Gasteiger partial charge < -0.3 is 4.18 Å². The van der Waals surface area contributed by atoms with E-state index < -0.39 is 4.92 Å². The molecule has 0 heterocycles. The molecule has 4 nitrogen and oxygen atoms in total. The zero-order chi connectivity index (χ0) is 8.97. The van der Waals surface area contributed by atoms with E-state index in [9.17, 15) is 10.1 Å². The van der Waals surface area contributed by atoms with E-state index >= 15 is 0 Å². The van der Waals surface area contributed by atoms with Gasteiger partial charge in [-0.3, -0.25) is 10.1 Å². The number of nitro groups is 1. The van der Waals surface area contributed by atoms with E-state index in [4.69, 9.17) is 4.18 Å². The van der Waals surface area contributed by atoms with E-state index in [0.29, 0.717) is 0 Å². The van der Waals surface area contributed by atoms with E-state index in [-0.39, 0.29) is 11.4 Å². The first-order valence-electron chi connectivity index (χ1n) is 3.20. The van der Waals surface area contributed by atoms with Crippen LogP contribution < -0.4 is 4.18 Å². The number of rotatable bonds is 3. The van der Waals surface area contributed by atoms with Crippen LogP contribution in [0.1, 0.15) is 0 Å². The van der Waals surface area contributed by atoms with Gasteiger partial charge in [-0.15, -0.1) is 0 Å². The third-order valence-electron chi connectivity index (χ3n) is 1.24. The molecule has 0 unspecified atom stereocenters. The van der Waals surface area contributed by atoms with Gasteiger partial charge in [0.25, 0.3) is 0 Å². The molecule has 0 N–H and O–H groups in total. The fourth-order valence-electron chi connectivity index (χ4n) is 0.768. The van der Waals surface area contributed by atoms with Gasteiger partial charge in [0.2, 0.25) is 5.75 Å². The van der Waals surface area contributed by atoms with Gasteiger partial charge in [-0.05, 0) is 6.07 Å². The smallest absolute Gasteiger partial charge is 0.312 e. The van der Waals surface area contributed by atoms with Crippen molar-refractivity contribution < 1.29 is 9.11 Å². The first-order valence-corrected chi connectivity index (χ1v) is 4.34. The van der Waals surface area contributed by atoms with Gasteiger partial charge in [-0.1, -0.05) is 12.1 Å². The molecule has 0 radical (unpaired) electrons. The van der Waals surface area contributed by atoms with E-state index in [1.165, 1.54) is 6.07 Å². The molecule has 0 aliphatic carbocycles. The van der Waals surface area contributed by atoms with Crippen molar-refractivity contribution in [3.05, 3.63) is 34.4 Å². The Morgan fingerprint density at radius 2 is 2.17 bits per heavy atom. The monoisotopic (exact) mass is 185 g/mol. The minimum absolute atomic E-state index is 0.00755. The van der Waals surface area contributed by atoms with Crippen LogP contribution in [0.3, 0.4) is 0 Å². The molecule has 1 aromatic carbocycles. The second-order valence-electron chi connectivity index (χ2n) is 1.97. The molecule has 0 saturated heterocycles. The Morgan fingerprint density at radius 1 is 1.50 bits per heavy atom. The van der Waals surface area contributed by atoms with Crippen LogP contribution in [0.5, 0.6) is 5.75 Å². The summed E-state index contributed by atoms with van der Waals surface area (Å²) >= 11 is 1.08. The van der Waals surface area contributed by atoms with Crippen molar-refractivity contribution >= 4 is 17.7 Å². The van der Waals surface area contributed by atoms with Gasteiger partial charge >= 0.3 is 5.69 Å². The molecule has 12 heavy (non-hydrogen) atoms. The summed E-state index contributed by atoms with van der Waals surface area (Å²) in [6.45, 7) is 0. The van der Waals surface area contributed by atoms with Crippen LogP contribution in [0, 0.1) is 10.1 Å². The van der Waals surface area contributed by atoms with Gasteiger partial charge in [0.15, 0.2) is 0 Å². The molecule has 1 rings (SSSR count). The Morgan fingerprint density at radius 3 is 2.75 bits per heavy atom. The highest BCUT2D eigenvalue weighted by Crippen LogP contribution is 2.27. The van der Waals surface area contributed by atoms with Crippen LogP contribution in [0.2, 0.25) is 0 Å². The predicted molar refractivity (Wildman–Crippen MR) is 47.2 cm³/mol. The summed E-state index contributed by atoms with van der Waals surface area (Å²) in [5, 5.41) is 10.4. The normalized spacial score (nSPS) is 9.42. The standard InChI is InChI=1S/C7H7NO3S/c1-12-11-7-5-3-2-4-6(7)8(9)10/h2-5H,1H3. The molecule has 0 amide bonds. The van der Waals surface area contributed by atoms with E-state index in [1.807, 2.05) is 0 Å². The molecule has 0 fully saturated rings. The first-order chi connectivity index (χ1) is 5.75. The Balaban J connectivity index is 3.00. The number of nitro benzene ring substituents is 1. The third kappa shape index (κ3) is 1.88. The van der Waals surface area contributed by atoms with Gasteiger partial charge in [0.1, 0.15) is 0 Å². The lowest BCUT2D eigenvalue weighted by Gasteiger charge is -2.00. The molecule has 0 atom stereocenters. The Hall–Kier alpha value is -1.23. The maximum atomic E-state index is 10.4. The zero-order valence-electron chi connectivity index (χ0n) is 6.39. The van der Waals surface area contributed by atoms with E-state index in [2.05, 4.69) is 0 Å². The lowest BCUT2D eigenvalue weighted by atomic mass is 10.3. The fraction of sp³-hybridized carbons (Fsp3) is 0.143. The largest absolute Gasteiger partial charge is 0.419 e. The lowest BCUT2D eigenvalue weighted by molar-refractivity contribution is -0.385. The number of hydrogen-bond acceptors (Lipinski definition) is 4. The average Bonchev–Trinajstić information content (AvgIpc) is 2.05. The van der Waals surface area contributed by atoms with Crippen LogP contribution in [-0.4, -0.2) is 11.2 Å². The van der Waals surface area contributed by atoms with Crippen LogP contribution in [0.15, 0.2) is 24.3 Å². The van der Waals surface area contributed by atoms with Crippen molar-refractivity contribution in [2.75, 3.05) is 6.26 Å². The molecule has 0 spiro atoms. The minimum Gasteiger partial charge on any atom is -0.419 e. The molecule has 0 aliphatic rings. The molecule has 1 aromatic rings. The summed E-state index contributed by atoms with van der Waals surface area (Å²) in [6, 6.07) is 6.27. The van der Waals surface area contributed by atoms with Crippen molar-refractivity contribution in [2.45, 2.75) is 0 Å². The Kier molecular flexibility index (Phi) is 2.93. The summed E-state index contributed by atoms with van der Waals surface area (Å²) in [5.74, 6) is 0.287. The Labute approximate surface area is 73.9 Å². The molecular weight excluding hydrogens is 178 g/mol. The third-order valence-corrected chi connectivity index (χ3v) is 1.58. The van der Waals surface area contributed by atoms with E-state index in [1.54, 1.807) is 24.5 Å². The second-order valence-corrected chi connectivity index (χ2v) is 2.47. The molecule has 64 valence electrons. The van der Waals surface area contributed by atoms with E-state index in [0.717, 1.165) is 12.0 Å². The molecule has 0 aromatic heterocycles. The second kappa shape index (κ2) is 3.96. The average molecular weight is 185 g/mol. The van der Waals surface area contributed by atoms with Gasteiger partial charge in [-0.25, -0.2) is 0 Å². The molecular formula is C7H7NO3S. The first kappa shape index (κ1) is 8.86. The highest BCUT2D eigenvalue weighted by molar-refractivity contribution is 7.94. The topological polar surface area (TPSA) is 52.4 Å². The highest BCUT2D eigenvalue weighted by atomic mass is 32.2. The summed E-state index contributed by atoms with van der Waals surface area (Å²) in [7, 11) is 0. The maximum absolute atomic E-state index is 10.4. The van der Waals surface area contributed by atoms with Crippen molar-refractivity contribution in [3.8, 4) is 5.75 Å². The summed E-state index contributed by atoms with van der Waals surface area (Å²) in [6.07, 6.45) is 1.71. The SMILES string of the molecule is CSOc1ccccc1[N+](=O)[O-]. The summed E-state index contributed by atoms with van der Waals surface area (Å²) in [5.41, 5.74) is -0.00755.